The van der Waals surface area contributed by atoms with E-state index < -0.39 is 40.1 Å². The molecule has 0 spiro atoms. The molecule has 2 aromatic carbocycles. The number of benzene rings is 2. The molecule has 0 aromatic heterocycles. The second-order valence-corrected chi connectivity index (χ2v) is 8.46. The van der Waals surface area contributed by atoms with Gasteiger partial charge in [-0.2, -0.15) is 8.42 Å². The summed E-state index contributed by atoms with van der Waals surface area (Å²) in [5.41, 5.74) is 0.915. The Morgan fingerprint density at radius 3 is 2.43 bits per heavy atom. The van der Waals surface area contributed by atoms with E-state index in [1.807, 2.05) is 0 Å². The fourth-order valence-corrected chi connectivity index (χ4v) is 4.49. The fourth-order valence-electron chi connectivity index (χ4n) is 3.85. The average molecular weight is 407 g/mol. The number of carboxylic acid groups (broad SMARTS) is 1. The van der Waals surface area contributed by atoms with Crippen molar-refractivity contribution in [2.24, 2.45) is 0 Å². The van der Waals surface area contributed by atoms with E-state index in [9.17, 15) is 22.7 Å². The summed E-state index contributed by atoms with van der Waals surface area (Å²) in [4.78, 5) is 12.9. The summed E-state index contributed by atoms with van der Waals surface area (Å²) in [6.45, 7) is 0.280. The quantitative estimate of drug-likeness (QED) is 0.742. The number of amides is 1. The molecular formula is C20H22FNO5S. The van der Waals surface area contributed by atoms with Crippen LogP contribution in [0.2, 0.25) is 0 Å². The molecule has 1 saturated heterocycles. The first kappa shape index (κ1) is 20.3. The van der Waals surface area contributed by atoms with Crippen molar-refractivity contribution in [3.05, 3.63) is 71.5 Å². The molecule has 28 heavy (non-hydrogen) atoms. The van der Waals surface area contributed by atoms with Gasteiger partial charge in [0, 0.05) is 12.5 Å². The van der Waals surface area contributed by atoms with Crippen molar-refractivity contribution in [1.29, 1.82) is 0 Å². The summed E-state index contributed by atoms with van der Waals surface area (Å²) in [6, 6.07) is 14.2. The van der Waals surface area contributed by atoms with Gasteiger partial charge in [0.25, 0.3) is 10.1 Å². The molecule has 6 nitrogen and oxygen atoms in total. The predicted octanol–water partition coefficient (Wildman–Crippen LogP) is 3.44. The molecule has 0 radical (unpaired) electrons. The van der Waals surface area contributed by atoms with Crippen LogP contribution < -0.4 is 0 Å². The molecule has 1 N–H and O–H groups in total. The maximum atomic E-state index is 14.7. The van der Waals surface area contributed by atoms with Gasteiger partial charge >= 0.3 is 6.09 Å². The Labute approximate surface area is 163 Å². The minimum absolute atomic E-state index is 0.264. The van der Waals surface area contributed by atoms with Gasteiger partial charge in [-0.25, -0.2) is 9.18 Å². The normalized spacial score (nSPS) is 19.4. The average Bonchev–Trinajstić information content (AvgIpc) is 3.12. The van der Waals surface area contributed by atoms with E-state index in [4.69, 9.17) is 4.18 Å². The summed E-state index contributed by atoms with van der Waals surface area (Å²) in [5, 5.41) is 9.56. The Balaban J connectivity index is 2.16. The molecule has 1 heterocycles. The summed E-state index contributed by atoms with van der Waals surface area (Å²) < 4.78 is 44.2. The van der Waals surface area contributed by atoms with Crippen molar-refractivity contribution in [2.45, 2.75) is 30.9 Å². The molecule has 1 aliphatic rings. The highest BCUT2D eigenvalue weighted by Gasteiger charge is 2.43. The van der Waals surface area contributed by atoms with Crippen molar-refractivity contribution >= 4 is 16.2 Å². The molecule has 0 unspecified atom stereocenters. The van der Waals surface area contributed by atoms with Crippen molar-refractivity contribution < 1.29 is 26.9 Å². The van der Waals surface area contributed by atoms with E-state index in [2.05, 4.69) is 0 Å². The molecule has 8 heteroatoms. The van der Waals surface area contributed by atoms with Gasteiger partial charge in [-0.1, -0.05) is 48.5 Å². The Kier molecular flexibility index (Phi) is 6.00. The zero-order valence-electron chi connectivity index (χ0n) is 15.4. The molecule has 1 amide bonds. The monoisotopic (exact) mass is 407 g/mol. The predicted molar refractivity (Wildman–Crippen MR) is 102 cm³/mol. The topological polar surface area (TPSA) is 83.9 Å². The number of hydrogen-bond acceptors (Lipinski definition) is 4. The Bertz CT molecular complexity index is 935. The lowest BCUT2D eigenvalue weighted by Crippen LogP contribution is -2.47. The Morgan fingerprint density at radius 2 is 1.82 bits per heavy atom. The van der Waals surface area contributed by atoms with E-state index in [1.165, 1.54) is 11.0 Å². The Morgan fingerprint density at radius 1 is 1.18 bits per heavy atom. The molecule has 0 aliphatic carbocycles. The van der Waals surface area contributed by atoms with Crippen LogP contribution in [-0.2, 0) is 14.3 Å². The third kappa shape index (κ3) is 4.51. The third-order valence-corrected chi connectivity index (χ3v) is 5.51. The van der Waals surface area contributed by atoms with E-state index in [0.717, 1.165) is 6.26 Å². The van der Waals surface area contributed by atoms with Crippen molar-refractivity contribution in [2.75, 3.05) is 12.8 Å². The largest absolute Gasteiger partial charge is 0.465 e. The van der Waals surface area contributed by atoms with Crippen molar-refractivity contribution in [1.82, 2.24) is 4.90 Å². The molecule has 3 atom stereocenters. The van der Waals surface area contributed by atoms with Gasteiger partial charge in [-0.05, 0) is 30.0 Å². The number of halogens is 1. The van der Waals surface area contributed by atoms with Gasteiger partial charge in [0.15, 0.2) is 0 Å². The molecule has 1 aliphatic heterocycles. The van der Waals surface area contributed by atoms with Crippen LogP contribution in [0.15, 0.2) is 54.6 Å². The maximum absolute atomic E-state index is 14.7. The summed E-state index contributed by atoms with van der Waals surface area (Å²) >= 11 is 0. The molecule has 3 rings (SSSR count). The van der Waals surface area contributed by atoms with Gasteiger partial charge in [-0.15, -0.1) is 0 Å². The van der Waals surface area contributed by atoms with E-state index >= 15 is 0 Å². The number of hydrogen-bond donors (Lipinski definition) is 1. The number of nitrogens with zero attached hydrogens (tertiary/aromatic N) is 1. The lowest BCUT2D eigenvalue weighted by molar-refractivity contribution is 0.0772. The Hall–Kier alpha value is -2.45. The summed E-state index contributed by atoms with van der Waals surface area (Å²) in [5.74, 6) is -1.29. The summed E-state index contributed by atoms with van der Waals surface area (Å²) in [6.07, 6.45) is -0.301. The first-order valence-corrected chi connectivity index (χ1v) is 10.8. The molecule has 2 aromatic rings. The first-order chi connectivity index (χ1) is 13.3. The van der Waals surface area contributed by atoms with Gasteiger partial charge < -0.3 is 10.0 Å². The number of rotatable bonds is 6. The molecule has 0 bridgehead atoms. The molecule has 150 valence electrons. The summed E-state index contributed by atoms with van der Waals surface area (Å²) in [7, 11) is -3.93. The highest BCUT2D eigenvalue weighted by atomic mass is 32.2. The van der Waals surface area contributed by atoms with E-state index in [0.29, 0.717) is 18.4 Å². The molecule has 0 saturated carbocycles. The highest BCUT2D eigenvalue weighted by Crippen LogP contribution is 2.38. The first-order valence-electron chi connectivity index (χ1n) is 8.95. The maximum Gasteiger partial charge on any atom is 0.407 e. The second-order valence-electron chi connectivity index (χ2n) is 6.86. The van der Waals surface area contributed by atoms with Crippen LogP contribution in [-0.4, -0.2) is 49.5 Å². The minimum atomic E-state index is -3.93. The lowest BCUT2D eigenvalue weighted by Gasteiger charge is -2.35. The zero-order valence-corrected chi connectivity index (χ0v) is 16.2. The third-order valence-electron chi connectivity index (χ3n) is 4.94. The van der Waals surface area contributed by atoms with Crippen LogP contribution in [0, 0.1) is 5.82 Å². The zero-order chi connectivity index (χ0) is 20.3. The highest BCUT2D eigenvalue weighted by molar-refractivity contribution is 7.86. The van der Waals surface area contributed by atoms with Crippen molar-refractivity contribution in [3.8, 4) is 0 Å². The minimum Gasteiger partial charge on any atom is -0.465 e. The van der Waals surface area contributed by atoms with Crippen LogP contribution in [0.4, 0.5) is 9.18 Å². The number of likely N-dealkylation sites (tertiary alicyclic amines) is 1. The van der Waals surface area contributed by atoms with Crippen LogP contribution in [0.1, 0.15) is 29.9 Å². The molecule has 1 fully saturated rings. The standard InChI is InChI=1S/C20H22FNO5S/c1-28(25,26)27-19(17-12-7-13-22(17)20(23)24)18(14-8-3-2-4-9-14)15-10-5-6-11-16(15)21/h2-6,8-11,17-19H,7,12-13H2,1H3,(H,23,24)/t17-,18+,19-/m1/s1. The van der Waals surface area contributed by atoms with Crippen LogP contribution in [0.25, 0.3) is 0 Å². The van der Waals surface area contributed by atoms with Crippen LogP contribution >= 0.6 is 0 Å². The van der Waals surface area contributed by atoms with Crippen molar-refractivity contribution in [3.63, 3.8) is 0 Å². The van der Waals surface area contributed by atoms with Gasteiger partial charge in [0.05, 0.1) is 12.3 Å². The van der Waals surface area contributed by atoms with Crippen LogP contribution in [0.5, 0.6) is 0 Å². The lowest BCUT2D eigenvalue weighted by atomic mass is 9.82. The van der Waals surface area contributed by atoms with E-state index in [-0.39, 0.29) is 12.1 Å². The van der Waals surface area contributed by atoms with Gasteiger partial charge in [0.1, 0.15) is 11.9 Å². The van der Waals surface area contributed by atoms with Gasteiger partial charge in [-0.3, -0.25) is 4.18 Å². The fraction of sp³-hybridized carbons (Fsp3) is 0.350. The van der Waals surface area contributed by atoms with E-state index in [1.54, 1.807) is 48.5 Å². The SMILES string of the molecule is CS(=O)(=O)O[C@@H]([C@@H](c1ccccc1)c1ccccc1F)[C@H]1CCCN1C(=O)O. The van der Waals surface area contributed by atoms with Crippen LogP contribution in [0.3, 0.4) is 0 Å². The molecular weight excluding hydrogens is 385 g/mol. The van der Waals surface area contributed by atoms with Gasteiger partial charge in [0.2, 0.25) is 0 Å². The number of carbonyl (C=O) groups is 1. The smallest absolute Gasteiger partial charge is 0.407 e. The second kappa shape index (κ2) is 8.28.